The summed E-state index contributed by atoms with van der Waals surface area (Å²) in [5.74, 6) is -0.656. The largest absolute Gasteiger partial charge is 0.479 e. The number of aliphatic imine (C=N–C) groups is 1. The second-order valence-corrected chi connectivity index (χ2v) is 12.8. The summed E-state index contributed by atoms with van der Waals surface area (Å²) in [6, 6.07) is -0.774. The highest BCUT2D eigenvalue weighted by Gasteiger charge is 2.49. The summed E-state index contributed by atoms with van der Waals surface area (Å²) in [7, 11) is 1.55. The number of likely N-dealkylation sites (N-methyl/N-ethyl adjacent to an activating group) is 1. The van der Waals surface area contributed by atoms with Gasteiger partial charge in [-0.2, -0.15) is 0 Å². The second kappa shape index (κ2) is 20.3. The van der Waals surface area contributed by atoms with Crippen LogP contribution in [0.4, 0.5) is 9.59 Å². The molecule has 2 amide bonds. The molecular weight excluding hydrogens is 646 g/mol. The number of carbonyl (C=O) groups excluding carboxylic acids is 2. The first-order chi connectivity index (χ1) is 23.0. The number of terminal acetylenes is 1. The molecule has 49 heavy (non-hydrogen) atoms. The number of hydrogen-bond acceptors (Lipinski definition) is 13. The highest BCUT2D eigenvalue weighted by molar-refractivity contribution is 5.94. The SMILES string of the molecule is C#CCOCCOCCOCCOCCN(C)C(=O)O[C@@H]([C@H]1OC(C(=O)O)=C[C@@H](N=C(C)NC(=O)OC(C)(C)C)[C@@H]1C)[C@H]1COC(C)(C)O1. The molecule has 0 aliphatic carbocycles. The minimum atomic E-state index is -1.33. The van der Waals surface area contributed by atoms with Gasteiger partial charge < -0.3 is 52.6 Å². The van der Waals surface area contributed by atoms with E-state index in [9.17, 15) is 19.5 Å². The van der Waals surface area contributed by atoms with Gasteiger partial charge in [0.25, 0.3) is 0 Å². The lowest BCUT2D eigenvalue weighted by atomic mass is 9.87. The Kier molecular flexibility index (Phi) is 17.3. The van der Waals surface area contributed by atoms with Crippen LogP contribution < -0.4 is 5.32 Å². The molecule has 0 saturated carbocycles. The Morgan fingerprint density at radius 1 is 1.10 bits per heavy atom. The van der Waals surface area contributed by atoms with Gasteiger partial charge in [-0.15, -0.1) is 6.42 Å². The van der Waals surface area contributed by atoms with E-state index in [0.717, 1.165) is 0 Å². The number of ether oxygens (including phenoxy) is 9. The topological polar surface area (TPSA) is 182 Å². The van der Waals surface area contributed by atoms with E-state index in [0.29, 0.717) is 39.6 Å². The standard InChI is InChI=1S/C33H53N3O13/c1-10-12-41-14-16-43-18-19-44-17-15-42-13-11-36(9)31(40)47-28(26-21-45-33(7,8)48-26)27-22(2)24(20-25(46-27)29(37)38)34-23(3)35-30(39)49-32(4,5)6/h1,20,22,24,26-28H,11-19,21H2,2-9H3,(H,37,38)(H,34,35,39)/t22-,24+,26+,27-,28+/m0/s1. The van der Waals surface area contributed by atoms with Gasteiger partial charge in [0.05, 0.1) is 58.9 Å². The van der Waals surface area contributed by atoms with E-state index in [-0.39, 0.29) is 38.0 Å². The Morgan fingerprint density at radius 3 is 2.22 bits per heavy atom. The Balaban J connectivity index is 2.01. The molecule has 0 aromatic carbocycles. The number of hydrogen-bond donors (Lipinski definition) is 2. The molecule has 0 unspecified atom stereocenters. The van der Waals surface area contributed by atoms with Gasteiger partial charge in [0.2, 0.25) is 5.76 Å². The first kappa shape index (κ1) is 41.7. The molecule has 278 valence electrons. The number of carboxylic acid groups (broad SMARTS) is 1. The van der Waals surface area contributed by atoms with E-state index in [1.807, 2.05) is 0 Å². The van der Waals surface area contributed by atoms with Gasteiger partial charge in [-0.25, -0.2) is 14.4 Å². The first-order valence-electron chi connectivity index (χ1n) is 16.2. The van der Waals surface area contributed by atoms with Crippen LogP contribution in [0.3, 0.4) is 0 Å². The number of amides is 2. The summed E-state index contributed by atoms with van der Waals surface area (Å²) < 4.78 is 50.5. The van der Waals surface area contributed by atoms with Gasteiger partial charge in [0.1, 0.15) is 30.3 Å². The van der Waals surface area contributed by atoms with Crippen LogP contribution in [-0.4, -0.2) is 143 Å². The zero-order valence-corrected chi connectivity index (χ0v) is 29.9. The lowest BCUT2D eigenvalue weighted by molar-refractivity contribution is -0.171. The van der Waals surface area contributed by atoms with Gasteiger partial charge >= 0.3 is 18.2 Å². The molecular formula is C33H53N3O13. The van der Waals surface area contributed by atoms with Crippen molar-refractivity contribution in [3.05, 3.63) is 11.8 Å². The number of alkyl carbamates (subject to hydrolysis) is 1. The number of carboxylic acids is 1. The third-order valence-corrected chi connectivity index (χ3v) is 7.02. The van der Waals surface area contributed by atoms with Crippen molar-refractivity contribution in [2.75, 3.05) is 73.1 Å². The molecule has 0 aromatic heterocycles. The van der Waals surface area contributed by atoms with Crippen molar-refractivity contribution in [3.63, 3.8) is 0 Å². The van der Waals surface area contributed by atoms with Crippen molar-refractivity contribution >= 4 is 24.0 Å². The Hall–Kier alpha value is -3.46. The molecule has 2 N–H and O–H groups in total. The zero-order valence-electron chi connectivity index (χ0n) is 29.9. The molecule has 2 rings (SSSR count). The summed E-state index contributed by atoms with van der Waals surface area (Å²) in [5, 5.41) is 12.4. The molecule has 16 nitrogen and oxygen atoms in total. The van der Waals surface area contributed by atoms with Crippen LogP contribution in [0, 0.1) is 18.3 Å². The molecule has 0 spiro atoms. The highest BCUT2D eigenvalue weighted by Crippen LogP contribution is 2.35. The maximum atomic E-state index is 13.3. The molecule has 2 aliphatic heterocycles. The van der Waals surface area contributed by atoms with E-state index in [1.165, 1.54) is 11.0 Å². The van der Waals surface area contributed by atoms with E-state index >= 15 is 0 Å². The van der Waals surface area contributed by atoms with Crippen LogP contribution in [0.2, 0.25) is 0 Å². The summed E-state index contributed by atoms with van der Waals surface area (Å²) in [4.78, 5) is 43.6. The molecule has 16 heteroatoms. The molecule has 1 fully saturated rings. The number of rotatable bonds is 18. The lowest BCUT2D eigenvalue weighted by Gasteiger charge is -2.39. The number of aliphatic carboxylic acids is 1. The Bertz CT molecular complexity index is 1180. The van der Waals surface area contributed by atoms with Crippen LogP contribution in [0.15, 0.2) is 16.8 Å². The van der Waals surface area contributed by atoms with Gasteiger partial charge in [-0.05, 0) is 47.6 Å². The number of nitrogens with zero attached hydrogens (tertiary/aromatic N) is 2. The monoisotopic (exact) mass is 699 g/mol. The maximum Gasteiger partial charge on any atom is 0.413 e. The van der Waals surface area contributed by atoms with Crippen molar-refractivity contribution in [2.45, 2.75) is 84.2 Å². The van der Waals surface area contributed by atoms with Crippen LogP contribution in [-0.2, 0) is 47.4 Å². The molecule has 1 saturated heterocycles. The third kappa shape index (κ3) is 15.7. The first-order valence-corrected chi connectivity index (χ1v) is 16.2. The summed E-state index contributed by atoms with van der Waals surface area (Å²) >= 11 is 0. The minimum Gasteiger partial charge on any atom is -0.479 e. The van der Waals surface area contributed by atoms with Crippen LogP contribution in [0.25, 0.3) is 0 Å². The maximum absolute atomic E-state index is 13.3. The van der Waals surface area contributed by atoms with Gasteiger partial charge in [0, 0.05) is 19.5 Å². The van der Waals surface area contributed by atoms with E-state index in [4.69, 9.17) is 49.1 Å². The molecule has 0 aromatic rings. The number of carbonyl (C=O) groups is 3. The van der Waals surface area contributed by atoms with Crippen LogP contribution >= 0.6 is 0 Å². The second-order valence-electron chi connectivity index (χ2n) is 12.8. The fourth-order valence-corrected chi connectivity index (χ4v) is 4.67. The van der Waals surface area contributed by atoms with E-state index in [1.54, 1.807) is 55.5 Å². The van der Waals surface area contributed by atoms with Crippen molar-refractivity contribution in [3.8, 4) is 12.3 Å². The average molecular weight is 700 g/mol. The molecule has 2 heterocycles. The normalized spacial score (nSPS) is 22.7. The minimum absolute atomic E-state index is 0.0637. The third-order valence-electron chi connectivity index (χ3n) is 7.02. The lowest BCUT2D eigenvalue weighted by Crippen LogP contribution is -2.52. The molecule has 2 aliphatic rings. The predicted octanol–water partition coefficient (Wildman–Crippen LogP) is 2.59. The Labute approximate surface area is 288 Å². The fraction of sp³-hybridized carbons (Fsp3) is 0.758. The highest BCUT2D eigenvalue weighted by atomic mass is 16.8. The number of nitrogens with one attached hydrogen (secondary N) is 1. The van der Waals surface area contributed by atoms with Gasteiger partial charge in [-0.1, -0.05) is 12.8 Å². The summed E-state index contributed by atoms with van der Waals surface area (Å²) in [6.07, 6.45) is 2.15. The smallest absolute Gasteiger partial charge is 0.413 e. The quantitative estimate of drug-likeness (QED) is 0.0923. The molecule has 5 atom stereocenters. The average Bonchev–Trinajstić information content (AvgIpc) is 3.37. The van der Waals surface area contributed by atoms with Gasteiger partial charge in [-0.3, -0.25) is 10.3 Å². The van der Waals surface area contributed by atoms with E-state index in [2.05, 4.69) is 16.2 Å². The molecule has 0 radical (unpaired) electrons. The van der Waals surface area contributed by atoms with Crippen molar-refractivity contribution in [2.24, 2.45) is 10.9 Å². The summed E-state index contributed by atoms with van der Waals surface area (Å²) in [5.41, 5.74) is -0.727. The molecule has 0 bridgehead atoms. The summed E-state index contributed by atoms with van der Waals surface area (Å²) in [6.45, 7) is 15.0. The van der Waals surface area contributed by atoms with Crippen LogP contribution in [0.5, 0.6) is 0 Å². The Morgan fingerprint density at radius 2 is 1.69 bits per heavy atom. The van der Waals surface area contributed by atoms with Crippen molar-refractivity contribution in [1.29, 1.82) is 0 Å². The van der Waals surface area contributed by atoms with Crippen molar-refractivity contribution < 1.29 is 62.1 Å². The van der Waals surface area contributed by atoms with Crippen LogP contribution in [0.1, 0.15) is 48.5 Å². The van der Waals surface area contributed by atoms with Gasteiger partial charge in [0.15, 0.2) is 11.9 Å². The fourth-order valence-electron chi connectivity index (χ4n) is 4.67. The van der Waals surface area contributed by atoms with Crippen molar-refractivity contribution in [1.82, 2.24) is 10.2 Å². The van der Waals surface area contributed by atoms with E-state index < -0.39 is 59.8 Å². The predicted molar refractivity (Wildman–Crippen MR) is 176 cm³/mol. The number of amidine groups is 1. The zero-order chi connectivity index (χ0) is 36.6.